The highest BCUT2D eigenvalue weighted by Crippen LogP contribution is 2.11. The second-order valence-electron chi connectivity index (χ2n) is 5.36. The van der Waals surface area contributed by atoms with Crippen LogP contribution in [0.25, 0.3) is 0 Å². The third-order valence-electron chi connectivity index (χ3n) is 3.69. The van der Waals surface area contributed by atoms with Crippen molar-refractivity contribution in [3.63, 3.8) is 0 Å². The summed E-state index contributed by atoms with van der Waals surface area (Å²) in [5.74, 6) is 0.372. The first kappa shape index (κ1) is 17.5. The number of amides is 1. The summed E-state index contributed by atoms with van der Waals surface area (Å²) in [6.45, 7) is 9.71. The van der Waals surface area contributed by atoms with Crippen LogP contribution in [-0.4, -0.2) is 23.4 Å². The van der Waals surface area contributed by atoms with Crippen LogP contribution < -0.4 is 0 Å². The Bertz CT molecular complexity index is 203. The minimum atomic E-state index is 0.372. The molecule has 0 N–H and O–H groups in total. The highest BCUT2D eigenvalue weighted by Gasteiger charge is 2.17. The number of carbonyl (C=O) groups is 1. The fourth-order valence-corrected chi connectivity index (χ4v) is 2.19. The zero-order valence-corrected chi connectivity index (χ0v) is 13.0. The number of unbranched alkanes of at least 4 members (excludes halogenated alkanes) is 5. The lowest BCUT2D eigenvalue weighted by atomic mass is 10.1. The Morgan fingerprint density at radius 2 is 1.56 bits per heavy atom. The summed E-state index contributed by atoms with van der Waals surface area (Å²) in [6, 6.07) is 0.403. The Balaban J connectivity index is 4.06. The predicted molar refractivity (Wildman–Crippen MR) is 79.8 cm³/mol. The molecule has 0 aliphatic heterocycles. The van der Waals surface area contributed by atoms with Crippen molar-refractivity contribution in [3.8, 4) is 0 Å². The molecular formula is C16H33NO. The van der Waals surface area contributed by atoms with Crippen LogP contribution in [0.15, 0.2) is 0 Å². The zero-order valence-electron chi connectivity index (χ0n) is 13.0. The van der Waals surface area contributed by atoms with Gasteiger partial charge < -0.3 is 4.90 Å². The van der Waals surface area contributed by atoms with Crippen LogP contribution in [0.3, 0.4) is 0 Å². The van der Waals surface area contributed by atoms with E-state index in [-0.39, 0.29) is 0 Å². The third-order valence-corrected chi connectivity index (χ3v) is 3.69. The maximum absolute atomic E-state index is 12.2. The molecule has 2 heteroatoms. The molecule has 108 valence electrons. The van der Waals surface area contributed by atoms with Gasteiger partial charge in [0.15, 0.2) is 0 Å². The van der Waals surface area contributed by atoms with Gasteiger partial charge in [0.05, 0.1) is 0 Å². The Kier molecular flexibility index (Phi) is 11.2. The molecule has 1 amide bonds. The number of hydrogen-bond donors (Lipinski definition) is 0. The first-order valence-electron chi connectivity index (χ1n) is 7.96. The Morgan fingerprint density at radius 3 is 2.11 bits per heavy atom. The van der Waals surface area contributed by atoms with Gasteiger partial charge in [0, 0.05) is 19.0 Å². The highest BCUT2D eigenvalue weighted by atomic mass is 16.2. The lowest BCUT2D eigenvalue weighted by Gasteiger charge is -2.29. The minimum absolute atomic E-state index is 0.372. The summed E-state index contributed by atoms with van der Waals surface area (Å²) < 4.78 is 0. The maximum Gasteiger partial charge on any atom is 0.222 e. The van der Waals surface area contributed by atoms with E-state index in [2.05, 4.69) is 32.6 Å². The van der Waals surface area contributed by atoms with Gasteiger partial charge in [-0.1, -0.05) is 52.9 Å². The van der Waals surface area contributed by atoms with Crippen LogP contribution in [0, 0.1) is 0 Å². The monoisotopic (exact) mass is 255 g/mol. The molecule has 0 heterocycles. The van der Waals surface area contributed by atoms with Crippen molar-refractivity contribution in [1.29, 1.82) is 0 Å². The fourth-order valence-electron chi connectivity index (χ4n) is 2.19. The number of carbonyl (C=O) groups excluding carboxylic acids is 1. The third kappa shape index (κ3) is 7.73. The van der Waals surface area contributed by atoms with Crippen molar-refractivity contribution in [3.05, 3.63) is 0 Å². The van der Waals surface area contributed by atoms with Gasteiger partial charge in [0.2, 0.25) is 5.91 Å². The molecule has 0 radical (unpaired) electrons. The smallest absolute Gasteiger partial charge is 0.222 e. The number of nitrogens with zero attached hydrogens (tertiary/aromatic N) is 1. The molecule has 0 aromatic carbocycles. The summed E-state index contributed by atoms with van der Waals surface area (Å²) in [5, 5.41) is 0. The second kappa shape index (κ2) is 11.6. The van der Waals surface area contributed by atoms with Gasteiger partial charge in [0.25, 0.3) is 0 Å². The average Bonchev–Trinajstić information content (AvgIpc) is 2.38. The minimum Gasteiger partial charge on any atom is -0.340 e. The summed E-state index contributed by atoms with van der Waals surface area (Å²) in [6.07, 6.45) is 10.2. The molecule has 1 atom stereocenters. The van der Waals surface area contributed by atoms with Crippen LogP contribution in [0.2, 0.25) is 0 Å². The van der Waals surface area contributed by atoms with Gasteiger partial charge in [-0.25, -0.2) is 0 Å². The summed E-state index contributed by atoms with van der Waals surface area (Å²) >= 11 is 0. The first-order valence-corrected chi connectivity index (χ1v) is 7.96. The lowest BCUT2D eigenvalue weighted by molar-refractivity contribution is -0.133. The van der Waals surface area contributed by atoms with Crippen LogP contribution in [0.5, 0.6) is 0 Å². The molecule has 0 fully saturated rings. The Labute approximate surface area is 114 Å². The van der Waals surface area contributed by atoms with Crippen LogP contribution in [0.1, 0.15) is 85.5 Å². The number of rotatable bonds is 11. The fraction of sp³-hybridized carbons (Fsp3) is 0.938. The summed E-state index contributed by atoms with van der Waals surface area (Å²) in [5.41, 5.74) is 0. The topological polar surface area (TPSA) is 20.3 Å². The molecule has 0 rings (SSSR count). The van der Waals surface area contributed by atoms with E-state index >= 15 is 0 Å². The summed E-state index contributed by atoms with van der Waals surface area (Å²) in [7, 11) is 0. The normalized spacial score (nSPS) is 12.4. The van der Waals surface area contributed by atoms with Crippen LogP contribution in [-0.2, 0) is 4.79 Å². The first-order chi connectivity index (χ1) is 8.67. The SMILES string of the molecule is CCCCCCC(=O)N(CCCCC)C(C)CC. The van der Waals surface area contributed by atoms with Crippen LogP contribution in [0.4, 0.5) is 0 Å². The molecular weight excluding hydrogens is 222 g/mol. The van der Waals surface area contributed by atoms with Crippen molar-refractivity contribution in [2.24, 2.45) is 0 Å². The van der Waals surface area contributed by atoms with Gasteiger partial charge in [0.1, 0.15) is 0 Å². The van der Waals surface area contributed by atoms with Crippen molar-refractivity contribution in [2.45, 2.75) is 91.5 Å². The van der Waals surface area contributed by atoms with Crippen molar-refractivity contribution in [2.75, 3.05) is 6.54 Å². The lowest BCUT2D eigenvalue weighted by Crippen LogP contribution is -2.38. The van der Waals surface area contributed by atoms with E-state index < -0.39 is 0 Å². The van der Waals surface area contributed by atoms with E-state index in [4.69, 9.17) is 0 Å². The Hall–Kier alpha value is -0.530. The van der Waals surface area contributed by atoms with E-state index in [0.29, 0.717) is 11.9 Å². The van der Waals surface area contributed by atoms with E-state index in [1.807, 2.05) is 0 Å². The molecule has 0 aromatic heterocycles. The summed E-state index contributed by atoms with van der Waals surface area (Å²) in [4.78, 5) is 14.3. The van der Waals surface area contributed by atoms with Crippen molar-refractivity contribution < 1.29 is 4.79 Å². The van der Waals surface area contributed by atoms with Crippen molar-refractivity contribution in [1.82, 2.24) is 4.90 Å². The largest absolute Gasteiger partial charge is 0.340 e. The van der Waals surface area contributed by atoms with E-state index in [0.717, 1.165) is 32.2 Å². The molecule has 18 heavy (non-hydrogen) atoms. The molecule has 0 saturated carbocycles. The molecule has 0 aliphatic carbocycles. The van der Waals surface area contributed by atoms with E-state index in [1.54, 1.807) is 0 Å². The highest BCUT2D eigenvalue weighted by molar-refractivity contribution is 5.76. The molecule has 0 spiro atoms. The molecule has 0 bridgehead atoms. The van der Waals surface area contributed by atoms with Gasteiger partial charge in [-0.2, -0.15) is 0 Å². The van der Waals surface area contributed by atoms with Gasteiger partial charge in [-0.05, 0) is 26.2 Å². The van der Waals surface area contributed by atoms with Crippen molar-refractivity contribution >= 4 is 5.91 Å². The molecule has 0 aliphatic rings. The maximum atomic E-state index is 12.2. The van der Waals surface area contributed by atoms with Gasteiger partial charge in [-0.3, -0.25) is 4.79 Å². The van der Waals surface area contributed by atoms with E-state index in [1.165, 1.54) is 32.1 Å². The molecule has 0 saturated heterocycles. The van der Waals surface area contributed by atoms with E-state index in [9.17, 15) is 4.79 Å². The number of hydrogen-bond acceptors (Lipinski definition) is 1. The molecule has 2 nitrogen and oxygen atoms in total. The zero-order chi connectivity index (χ0) is 13.8. The van der Waals surface area contributed by atoms with Gasteiger partial charge >= 0.3 is 0 Å². The predicted octanol–water partition coefficient (Wildman–Crippen LogP) is 4.77. The quantitative estimate of drug-likeness (QED) is 0.487. The van der Waals surface area contributed by atoms with Crippen LogP contribution >= 0.6 is 0 Å². The Morgan fingerprint density at radius 1 is 0.944 bits per heavy atom. The standard InChI is InChI=1S/C16H33NO/c1-5-8-10-11-13-16(18)17(15(4)7-3)14-12-9-6-2/h15H,5-14H2,1-4H3. The average molecular weight is 255 g/mol. The second-order valence-corrected chi connectivity index (χ2v) is 5.36. The van der Waals surface area contributed by atoms with Gasteiger partial charge in [-0.15, -0.1) is 0 Å². The molecule has 1 unspecified atom stereocenters. The molecule has 0 aromatic rings.